The van der Waals surface area contributed by atoms with Crippen LogP contribution in [0.3, 0.4) is 0 Å². The van der Waals surface area contributed by atoms with E-state index in [1.807, 2.05) is 0 Å². The molecule has 0 atom stereocenters. The van der Waals surface area contributed by atoms with Gasteiger partial charge in [0.15, 0.2) is 0 Å². The van der Waals surface area contributed by atoms with Crippen molar-refractivity contribution in [2.45, 2.75) is 6.42 Å². The smallest absolute Gasteiger partial charge is 0.339 e. The molecule has 0 unspecified atom stereocenters. The predicted molar refractivity (Wildman–Crippen MR) is 75.7 cm³/mol. The third-order valence-corrected chi connectivity index (χ3v) is 2.81. The molecule has 0 spiro atoms. The van der Waals surface area contributed by atoms with Gasteiger partial charge in [0.1, 0.15) is 0 Å². The first kappa shape index (κ1) is 17.4. The van der Waals surface area contributed by atoms with Gasteiger partial charge in [-0.05, 0) is 6.07 Å². The molecule has 1 aromatic rings. The number of ether oxygens (including phenoxy) is 3. The van der Waals surface area contributed by atoms with Crippen molar-refractivity contribution < 1.29 is 23.9 Å². The van der Waals surface area contributed by atoms with E-state index in [4.69, 9.17) is 25.8 Å². The number of non-ortho nitro benzene ring substituents is 1. The number of carbonyl (C=O) groups is 1. The summed E-state index contributed by atoms with van der Waals surface area (Å²) in [5.41, 5.74) is -0.236. The molecule has 0 saturated carbocycles. The van der Waals surface area contributed by atoms with Crippen molar-refractivity contribution in [1.29, 1.82) is 0 Å². The van der Waals surface area contributed by atoms with Gasteiger partial charge >= 0.3 is 5.97 Å². The van der Waals surface area contributed by atoms with Gasteiger partial charge in [0.25, 0.3) is 5.69 Å². The summed E-state index contributed by atoms with van der Waals surface area (Å²) in [6.45, 7) is 1.55. The lowest BCUT2D eigenvalue weighted by atomic mass is 10.2. The average molecular weight is 318 g/mol. The summed E-state index contributed by atoms with van der Waals surface area (Å²) in [5.74, 6) is -0.694. The molecule has 21 heavy (non-hydrogen) atoms. The number of nitrogens with zero attached hydrogens (tertiary/aromatic N) is 1. The number of halogens is 1. The zero-order valence-electron chi connectivity index (χ0n) is 11.5. The molecule has 7 nitrogen and oxygen atoms in total. The highest BCUT2D eigenvalue weighted by atomic mass is 35.5. The number of hydrogen-bond donors (Lipinski definition) is 0. The number of methoxy groups -OCH3 is 1. The summed E-state index contributed by atoms with van der Waals surface area (Å²) in [5, 5.41) is 10.8. The van der Waals surface area contributed by atoms with Gasteiger partial charge in [-0.15, -0.1) is 0 Å². The first-order chi connectivity index (χ1) is 10.1. The van der Waals surface area contributed by atoms with Gasteiger partial charge in [0.2, 0.25) is 0 Å². The number of nitro groups is 1. The summed E-state index contributed by atoms with van der Waals surface area (Å²) < 4.78 is 15.0. The van der Waals surface area contributed by atoms with Crippen LogP contribution < -0.4 is 0 Å². The molecule has 116 valence electrons. The fourth-order valence-electron chi connectivity index (χ4n) is 1.43. The highest BCUT2D eigenvalue weighted by molar-refractivity contribution is 6.33. The minimum Gasteiger partial charge on any atom is -0.462 e. The third-order valence-electron chi connectivity index (χ3n) is 2.48. The molecular formula is C13H16ClNO6. The van der Waals surface area contributed by atoms with E-state index in [1.54, 1.807) is 7.11 Å². The lowest BCUT2D eigenvalue weighted by Gasteiger charge is -2.07. The molecule has 0 radical (unpaired) electrons. The Hall–Kier alpha value is -1.70. The van der Waals surface area contributed by atoms with Crippen molar-refractivity contribution >= 4 is 23.3 Å². The van der Waals surface area contributed by atoms with Gasteiger partial charge in [0, 0.05) is 32.3 Å². The molecule has 0 amide bonds. The van der Waals surface area contributed by atoms with E-state index in [1.165, 1.54) is 12.1 Å². The van der Waals surface area contributed by atoms with Crippen LogP contribution in [-0.4, -0.2) is 44.4 Å². The first-order valence-corrected chi connectivity index (χ1v) is 6.61. The first-order valence-electron chi connectivity index (χ1n) is 6.24. The lowest BCUT2D eigenvalue weighted by molar-refractivity contribution is -0.384. The van der Waals surface area contributed by atoms with Crippen molar-refractivity contribution in [1.82, 2.24) is 0 Å². The van der Waals surface area contributed by atoms with E-state index < -0.39 is 10.9 Å². The fourth-order valence-corrected chi connectivity index (χ4v) is 1.63. The van der Waals surface area contributed by atoms with Gasteiger partial charge in [-0.1, -0.05) is 11.6 Å². The van der Waals surface area contributed by atoms with Crippen molar-refractivity contribution in [3.05, 3.63) is 38.9 Å². The van der Waals surface area contributed by atoms with Crippen LogP contribution in [-0.2, 0) is 14.2 Å². The Labute approximate surface area is 126 Å². The summed E-state index contributed by atoms with van der Waals surface area (Å²) in [4.78, 5) is 21.8. The second-order valence-corrected chi connectivity index (χ2v) is 4.42. The molecule has 0 fully saturated rings. The van der Waals surface area contributed by atoms with E-state index in [2.05, 4.69) is 0 Å². The molecular weight excluding hydrogens is 302 g/mol. The Morgan fingerprint density at radius 3 is 2.71 bits per heavy atom. The van der Waals surface area contributed by atoms with E-state index in [0.29, 0.717) is 26.2 Å². The van der Waals surface area contributed by atoms with Gasteiger partial charge in [-0.25, -0.2) is 4.79 Å². The number of hydrogen-bond acceptors (Lipinski definition) is 6. The van der Waals surface area contributed by atoms with Crippen LogP contribution >= 0.6 is 11.6 Å². The molecule has 1 aromatic carbocycles. The van der Waals surface area contributed by atoms with E-state index >= 15 is 0 Å². The summed E-state index contributed by atoms with van der Waals surface area (Å²) in [6, 6.07) is 3.62. The van der Waals surface area contributed by atoms with E-state index in [0.717, 1.165) is 6.07 Å². The van der Waals surface area contributed by atoms with Crippen LogP contribution in [0, 0.1) is 10.1 Å². The van der Waals surface area contributed by atoms with Crippen molar-refractivity contribution in [2.75, 3.05) is 33.5 Å². The summed E-state index contributed by atoms with van der Waals surface area (Å²) in [7, 11) is 1.58. The molecule has 1 rings (SSSR count). The largest absolute Gasteiger partial charge is 0.462 e. The quantitative estimate of drug-likeness (QED) is 0.301. The number of benzene rings is 1. The molecule has 8 heteroatoms. The molecule has 0 saturated heterocycles. The van der Waals surface area contributed by atoms with Gasteiger partial charge in [-0.2, -0.15) is 0 Å². The van der Waals surface area contributed by atoms with Crippen LogP contribution in [0.1, 0.15) is 16.8 Å². The Kier molecular flexibility index (Phi) is 7.66. The topological polar surface area (TPSA) is 87.9 Å². The zero-order chi connectivity index (χ0) is 15.7. The molecule has 0 aliphatic heterocycles. The Morgan fingerprint density at radius 1 is 1.29 bits per heavy atom. The van der Waals surface area contributed by atoms with Gasteiger partial charge in [0.05, 0.1) is 35.3 Å². The van der Waals surface area contributed by atoms with Crippen molar-refractivity contribution in [3.8, 4) is 0 Å². The Balaban J connectivity index is 2.41. The second-order valence-electron chi connectivity index (χ2n) is 4.02. The van der Waals surface area contributed by atoms with Crippen LogP contribution in [0.4, 0.5) is 5.69 Å². The number of nitro benzene ring substituents is 1. The number of carbonyl (C=O) groups excluding carboxylic acids is 1. The maximum absolute atomic E-state index is 11.8. The maximum Gasteiger partial charge on any atom is 0.339 e. The molecule has 0 N–H and O–H groups in total. The van der Waals surface area contributed by atoms with Crippen LogP contribution in [0.5, 0.6) is 0 Å². The van der Waals surface area contributed by atoms with Crippen LogP contribution in [0.25, 0.3) is 0 Å². The minimum atomic E-state index is -0.694. The van der Waals surface area contributed by atoms with Crippen LogP contribution in [0.2, 0.25) is 5.02 Å². The Morgan fingerprint density at radius 2 is 2.05 bits per heavy atom. The molecule has 0 aliphatic rings. The molecule has 0 aromatic heterocycles. The predicted octanol–water partition coefficient (Wildman–Crippen LogP) is 2.46. The summed E-state index contributed by atoms with van der Waals surface area (Å²) >= 11 is 5.83. The SMILES string of the molecule is COCCOCCCOC(=O)c1cc([N+](=O)[O-])ccc1Cl. The molecule has 0 bridgehead atoms. The number of rotatable bonds is 9. The molecule has 0 heterocycles. The van der Waals surface area contributed by atoms with Crippen molar-refractivity contribution in [3.63, 3.8) is 0 Å². The van der Waals surface area contributed by atoms with Gasteiger partial charge < -0.3 is 14.2 Å². The highest BCUT2D eigenvalue weighted by Gasteiger charge is 2.16. The zero-order valence-corrected chi connectivity index (χ0v) is 12.3. The number of esters is 1. The molecule has 0 aliphatic carbocycles. The third kappa shape index (κ3) is 6.07. The lowest BCUT2D eigenvalue weighted by Crippen LogP contribution is -2.10. The van der Waals surface area contributed by atoms with E-state index in [9.17, 15) is 14.9 Å². The van der Waals surface area contributed by atoms with E-state index in [-0.39, 0.29) is 22.9 Å². The maximum atomic E-state index is 11.8. The normalized spacial score (nSPS) is 10.4. The monoisotopic (exact) mass is 317 g/mol. The van der Waals surface area contributed by atoms with Crippen molar-refractivity contribution in [2.24, 2.45) is 0 Å². The van der Waals surface area contributed by atoms with Gasteiger partial charge in [-0.3, -0.25) is 10.1 Å². The van der Waals surface area contributed by atoms with Crippen LogP contribution in [0.15, 0.2) is 18.2 Å². The Bertz CT molecular complexity index is 494. The minimum absolute atomic E-state index is 0.0221. The summed E-state index contributed by atoms with van der Waals surface area (Å²) in [6.07, 6.45) is 0.516. The second kappa shape index (κ2) is 9.28. The standard InChI is InChI=1S/C13H16ClNO6/c1-19-7-8-20-5-2-6-21-13(16)11-9-10(15(17)18)3-4-12(11)14/h3-4,9H,2,5-8H2,1H3. The fraction of sp³-hybridized carbons (Fsp3) is 0.462. The average Bonchev–Trinajstić information content (AvgIpc) is 2.46. The highest BCUT2D eigenvalue weighted by Crippen LogP contribution is 2.22.